The first-order chi connectivity index (χ1) is 8.49. The van der Waals surface area contributed by atoms with Crippen molar-refractivity contribution in [3.05, 3.63) is 28.2 Å². The Bertz CT molecular complexity index is 387. The largest absolute Gasteiger partial charge is 0.497 e. The summed E-state index contributed by atoms with van der Waals surface area (Å²) in [6, 6.07) is 6.15. The minimum atomic E-state index is 0.217. The van der Waals surface area contributed by atoms with Crippen molar-refractivity contribution in [1.29, 1.82) is 0 Å². The Balaban J connectivity index is 3.07. The molecule has 0 aliphatic rings. The fourth-order valence-electron chi connectivity index (χ4n) is 1.84. The third kappa shape index (κ3) is 3.73. The molecule has 0 heterocycles. The van der Waals surface area contributed by atoms with Crippen LogP contribution in [0.4, 0.5) is 0 Å². The Morgan fingerprint density at radius 2 is 1.83 bits per heavy atom. The van der Waals surface area contributed by atoms with Gasteiger partial charge in [-0.1, -0.05) is 61.6 Å². The van der Waals surface area contributed by atoms with Gasteiger partial charge in [-0.3, -0.25) is 0 Å². The lowest BCUT2D eigenvalue weighted by Gasteiger charge is -2.35. The Morgan fingerprint density at radius 3 is 2.28 bits per heavy atom. The zero-order valence-electron chi connectivity index (χ0n) is 11.0. The highest BCUT2D eigenvalue weighted by atomic mass is 79.9. The summed E-state index contributed by atoms with van der Waals surface area (Å²) in [7, 11) is 1.71. The Kier molecular flexibility index (Phi) is 6.70. The number of hydrogen-bond acceptors (Lipinski definition) is 1. The third-order valence-corrected chi connectivity index (χ3v) is 6.56. The van der Waals surface area contributed by atoms with Crippen molar-refractivity contribution < 1.29 is 4.74 Å². The van der Waals surface area contributed by atoms with Gasteiger partial charge in [-0.25, -0.2) is 0 Å². The minimum Gasteiger partial charge on any atom is -0.497 e. The molecule has 0 unspecified atom stereocenters. The average molecular weight is 443 g/mol. The highest BCUT2D eigenvalue weighted by Gasteiger charge is 2.32. The van der Waals surface area contributed by atoms with Crippen LogP contribution in [-0.2, 0) is 6.42 Å². The van der Waals surface area contributed by atoms with Crippen LogP contribution >= 0.6 is 47.8 Å². The fourth-order valence-corrected chi connectivity index (χ4v) is 4.84. The van der Waals surface area contributed by atoms with E-state index in [-0.39, 0.29) is 5.41 Å². The maximum absolute atomic E-state index is 5.31. The minimum absolute atomic E-state index is 0.217. The molecular weight excluding hydrogens is 424 g/mol. The van der Waals surface area contributed by atoms with Crippen molar-refractivity contribution >= 4 is 47.8 Å². The van der Waals surface area contributed by atoms with Crippen molar-refractivity contribution in [3.63, 3.8) is 0 Å². The van der Waals surface area contributed by atoms with E-state index in [0.717, 1.165) is 27.3 Å². The van der Waals surface area contributed by atoms with Gasteiger partial charge in [0, 0.05) is 15.1 Å². The van der Waals surface area contributed by atoms with Gasteiger partial charge in [0.15, 0.2) is 0 Å². The number of ether oxygens (including phenoxy) is 1. The quantitative estimate of drug-likeness (QED) is 0.533. The molecule has 0 fully saturated rings. The standard InChI is InChI=1S/C14H19Br3O/c1-10(2)14(8-15,9-16)7-11-6-12(18-3)4-5-13(11)17/h4-6,10H,7-9H2,1-3H3. The molecule has 102 valence electrons. The van der Waals surface area contributed by atoms with E-state index in [1.807, 2.05) is 6.07 Å². The molecule has 0 spiro atoms. The number of hydrogen-bond donors (Lipinski definition) is 0. The van der Waals surface area contributed by atoms with Crippen molar-refractivity contribution in [3.8, 4) is 5.75 Å². The highest BCUT2D eigenvalue weighted by molar-refractivity contribution is 9.10. The van der Waals surface area contributed by atoms with Gasteiger partial charge < -0.3 is 4.74 Å². The molecule has 0 bridgehead atoms. The van der Waals surface area contributed by atoms with Crippen LogP contribution in [0, 0.1) is 11.3 Å². The summed E-state index contributed by atoms with van der Waals surface area (Å²) in [5, 5.41) is 1.96. The Morgan fingerprint density at radius 1 is 1.22 bits per heavy atom. The molecule has 1 aromatic carbocycles. The van der Waals surface area contributed by atoms with E-state index in [1.165, 1.54) is 5.56 Å². The summed E-state index contributed by atoms with van der Waals surface area (Å²) in [4.78, 5) is 0. The number of benzene rings is 1. The Hall–Kier alpha value is 0.460. The second kappa shape index (κ2) is 7.30. The topological polar surface area (TPSA) is 9.23 Å². The Labute approximate surface area is 135 Å². The van der Waals surface area contributed by atoms with Gasteiger partial charge in [-0.2, -0.15) is 0 Å². The molecule has 0 aromatic heterocycles. The molecule has 0 N–H and O–H groups in total. The number of halogens is 3. The third-order valence-electron chi connectivity index (χ3n) is 3.55. The van der Waals surface area contributed by atoms with Gasteiger partial charge in [-0.05, 0) is 41.5 Å². The van der Waals surface area contributed by atoms with Crippen LogP contribution < -0.4 is 4.74 Å². The molecule has 0 amide bonds. The van der Waals surface area contributed by atoms with Crippen molar-refractivity contribution in [2.24, 2.45) is 11.3 Å². The van der Waals surface area contributed by atoms with Gasteiger partial charge in [0.2, 0.25) is 0 Å². The summed E-state index contributed by atoms with van der Waals surface area (Å²) < 4.78 is 6.46. The highest BCUT2D eigenvalue weighted by Crippen LogP contribution is 2.38. The molecule has 0 aliphatic carbocycles. The first-order valence-corrected chi connectivity index (χ1v) is 8.97. The van der Waals surface area contributed by atoms with Crippen molar-refractivity contribution in [2.45, 2.75) is 20.3 Å². The number of alkyl halides is 2. The molecular formula is C14H19Br3O. The maximum atomic E-state index is 5.31. The lowest BCUT2D eigenvalue weighted by Crippen LogP contribution is -2.33. The summed E-state index contributed by atoms with van der Waals surface area (Å²) in [5.41, 5.74) is 1.51. The summed E-state index contributed by atoms with van der Waals surface area (Å²) in [5.74, 6) is 1.50. The molecule has 0 aliphatic heterocycles. The van der Waals surface area contributed by atoms with Gasteiger partial charge in [0.1, 0.15) is 5.75 Å². The molecule has 0 saturated carbocycles. The molecule has 0 saturated heterocycles. The molecule has 0 atom stereocenters. The van der Waals surface area contributed by atoms with Crippen LogP contribution in [0.15, 0.2) is 22.7 Å². The zero-order valence-corrected chi connectivity index (χ0v) is 15.7. The van der Waals surface area contributed by atoms with Crippen LogP contribution in [0.2, 0.25) is 0 Å². The van der Waals surface area contributed by atoms with E-state index in [9.17, 15) is 0 Å². The monoisotopic (exact) mass is 440 g/mol. The van der Waals surface area contributed by atoms with E-state index in [2.05, 4.69) is 73.8 Å². The normalized spacial score (nSPS) is 11.9. The SMILES string of the molecule is COc1ccc(Br)c(CC(CBr)(CBr)C(C)C)c1. The first kappa shape index (κ1) is 16.5. The summed E-state index contributed by atoms with van der Waals surface area (Å²) >= 11 is 11.0. The van der Waals surface area contributed by atoms with Gasteiger partial charge in [-0.15, -0.1) is 0 Å². The molecule has 18 heavy (non-hydrogen) atoms. The summed E-state index contributed by atoms with van der Waals surface area (Å²) in [6.07, 6.45) is 1.01. The molecule has 1 rings (SSSR count). The second-order valence-corrected chi connectivity index (χ2v) is 6.89. The van der Waals surface area contributed by atoms with Crippen LogP contribution in [0.1, 0.15) is 19.4 Å². The van der Waals surface area contributed by atoms with Gasteiger partial charge in [0.05, 0.1) is 7.11 Å². The van der Waals surface area contributed by atoms with Gasteiger partial charge >= 0.3 is 0 Å². The van der Waals surface area contributed by atoms with Crippen LogP contribution in [-0.4, -0.2) is 17.8 Å². The van der Waals surface area contributed by atoms with Crippen LogP contribution in [0.3, 0.4) is 0 Å². The average Bonchev–Trinajstić information content (AvgIpc) is 2.37. The predicted molar refractivity (Wildman–Crippen MR) is 89.3 cm³/mol. The zero-order chi connectivity index (χ0) is 13.8. The summed E-state index contributed by atoms with van der Waals surface area (Å²) in [6.45, 7) is 4.55. The molecule has 1 aromatic rings. The van der Waals surface area contributed by atoms with E-state index < -0.39 is 0 Å². The van der Waals surface area contributed by atoms with E-state index in [1.54, 1.807) is 7.11 Å². The van der Waals surface area contributed by atoms with E-state index in [0.29, 0.717) is 5.92 Å². The number of methoxy groups -OCH3 is 1. The molecule has 4 heteroatoms. The lowest BCUT2D eigenvalue weighted by molar-refractivity contribution is 0.267. The van der Waals surface area contributed by atoms with Crippen molar-refractivity contribution in [1.82, 2.24) is 0 Å². The fraction of sp³-hybridized carbons (Fsp3) is 0.571. The lowest BCUT2D eigenvalue weighted by atomic mass is 9.76. The van der Waals surface area contributed by atoms with E-state index >= 15 is 0 Å². The van der Waals surface area contributed by atoms with Crippen LogP contribution in [0.25, 0.3) is 0 Å². The second-order valence-electron chi connectivity index (χ2n) is 4.92. The molecule has 0 radical (unpaired) electrons. The number of rotatable bonds is 6. The smallest absolute Gasteiger partial charge is 0.119 e. The molecule has 1 nitrogen and oxygen atoms in total. The van der Waals surface area contributed by atoms with Crippen molar-refractivity contribution in [2.75, 3.05) is 17.8 Å². The van der Waals surface area contributed by atoms with Gasteiger partial charge in [0.25, 0.3) is 0 Å². The maximum Gasteiger partial charge on any atom is 0.119 e. The van der Waals surface area contributed by atoms with E-state index in [4.69, 9.17) is 4.74 Å². The van der Waals surface area contributed by atoms with Crippen LogP contribution in [0.5, 0.6) is 5.75 Å². The predicted octanol–water partition coefficient (Wildman–Crippen LogP) is 5.43. The first-order valence-electron chi connectivity index (χ1n) is 5.93.